The molecule has 0 atom stereocenters. The van der Waals surface area contributed by atoms with Crippen molar-refractivity contribution in [1.82, 2.24) is 4.57 Å². The lowest BCUT2D eigenvalue weighted by atomic mass is 9.96. The summed E-state index contributed by atoms with van der Waals surface area (Å²) in [7, 11) is 4.69. The highest BCUT2D eigenvalue weighted by Gasteiger charge is 2.31. The molecule has 5 heteroatoms. The van der Waals surface area contributed by atoms with Crippen molar-refractivity contribution >= 4 is 16.8 Å². The van der Waals surface area contributed by atoms with Crippen LogP contribution in [0.5, 0.6) is 17.2 Å². The van der Waals surface area contributed by atoms with Crippen LogP contribution in [0.25, 0.3) is 10.9 Å². The van der Waals surface area contributed by atoms with E-state index in [2.05, 4.69) is 0 Å². The van der Waals surface area contributed by atoms with Crippen LogP contribution in [0.3, 0.4) is 0 Å². The number of aromatic nitrogens is 1. The van der Waals surface area contributed by atoms with Crippen LogP contribution in [0, 0.1) is 0 Å². The number of carbonyl (C=O) groups is 1. The van der Waals surface area contributed by atoms with Crippen molar-refractivity contribution in [2.24, 2.45) is 0 Å². The summed E-state index contributed by atoms with van der Waals surface area (Å²) in [6.45, 7) is 0. The zero-order chi connectivity index (χ0) is 16.8. The molecule has 0 saturated heterocycles. The molecule has 0 unspecified atom stereocenters. The average molecular weight is 323 g/mol. The maximum Gasteiger partial charge on any atom is 0.263 e. The van der Waals surface area contributed by atoms with Gasteiger partial charge in [-0.1, -0.05) is 18.2 Å². The monoisotopic (exact) mass is 323 g/mol. The van der Waals surface area contributed by atoms with E-state index in [-0.39, 0.29) is 5.91 Å². The highest BCUT2D eigenvalue weighted by molar-refractivity contribution is 6.06. The van der Waals surface area contributed by atoms with Crippen LogP contribution in [-0.4, -0.2) is 31.8 Å². The summed E-state index contributed by atoms with van der Waals surface area (Å²) >= 11 is 0. The second-order valence-electron chi connectivity index (χ2n) is 5.68. The van der Waals surface area contributed by atoms with E-state index >= 15 is 0 Å². The summed E-state index contributed by atoms with van der Waals surface area (Å²) in [5, 5.41) is 1.05. The van der Waals surface area contributed by atoms with E-state index in [4.69, 9.17) is 14.2 Å². The third-order valence-corrected chi connectivity index (χ3v) is 4.51. The van der Waals surface area contributed by atoms with Crippen molar-refractivity contribution in [2.75, 3.05) is 21.3 Å². The van der Waals surface area contributed by atoms with Gasteiger partial charge in [-0.05, 0) is 18.2 Å². The summed E-state index contributed by atoms with van der Waals surface area (Å²) in [4.78, 5) is 13.1. The average Bonchev–Trinajstić information content (AvgIpc) is 2.98. The maximum absolute atomic E-state index is 13.1. The van der Waals surface area contributed by atoms with Crippen LogP contribution in [0.15, 0.2) is 36.4 Å². The molecule has 0 radical (unpaired) electrons. The first-order valence-electron chi connectivity index (χ1n) is 7.65. The van der Waals surface area contributed by atoms with E-state index in [1.54, 1.807) is 32.0 Å². The quantitative estimate of drug-likeness (QED) is 0.581. The van der Waals surface area contributed by atoms with Gasteiger partial charge in [-0.3, -0.25) is 9.36 Å². The van der Waals surface area contributed by atoms with Crippen LogP contribution < -0.4 is 14.2 Å². The smallest absolute Gasteiger partial charge is 0.263 e. The SMILES string of the molecule is COc1cc2c(c(OC)c1OC)Cc1cc3ccccc3n1C2=O. The van der Waals surface area contributed by atoms with Crippen LogP contribution in [0.4, 0.5) is 0 Å². The maximum atomic E-state index is 13.1. The Morgan fingerprint density at radius 1 is 0.958 bits per heavy atom. The molecule has 0 fully saturated rings. The zero-order valence-corrected chi connectivity index (χ0v) is 13.8. The topological polar surface area (TPSA) is 49.7 Å². The number of para-hydroxylation sites is 1. The zero-order valence-electron chi connectivity index (χ0n) is 13.8. The van der Waals surface area contributed by atoms with E-state index in [1.807, 2.05) is 30.3 Å². The molecule has 0 spiro atoms. The van der Waals surface area contributed by atoms with Crippen molar-refractivity contribution < 1.29 is 19.0 Å². The van der Waals surface area contributed by atoms with Gasteiger partial charge in [0.05, 0.1) is 32.4 Å². The lowest BCUT2D eigenvalue weighted by Gasteiger charge is -2.23. The van der Waals surface area contributed by atoms with Crippen LogP contribution in [0.2, 0.25) is 0 Å². The second kappa shape index (κ2) is 5.30. The van der Waals surface area contributed by atoms with Gasteiger partial charge in [-0.2, -0.15) is 0 Å². The molecular weight excluding hydrogens is 306 g/mol. The fraction of sp³-hybridized carbons (Fsp3) is 0.211. The van der Waals surface area contributed by atoms with Gasteiger partial charge in [0, 0.05) is 23.1 Å². The molecule has 122 valence electrons. The Bertz CT molecular complexity index is 971. The second-order valence-corrected chi connectivity index (χ2v) is 5.68. The molecule has 1 aliphatic heterocycles. The molecule has 2 heterocycles. The number of fused-ring (bicyclic) bond motifs is 4. The highest BCUT2D eigenvalue weighted by Crippen LogP contribution is 2.45. The molecule has 4 rings (SSSR count). The van der Waals surface area contributed by atoms with E-state index in [0.29, 0.717) is 29.2 Å². The van der Waals surface area contributed by atoms with Gasteiger partial charge in [0.2, 0.25) is 5.75 Å². The Morgan fingerprint density at radius 3 is 2.42 bits per heavy atom. The summed E-state index contributed by atoms with van der Waals surface area (Å²) in [5.41, 5.74) is 3.27. The molecule has 1 aliphatic rings. The number of ether oxygens (including phenoxy) is 3. The molecule has 1 aromatic heterocycles. The fourth-order valence-corrected chi connectivity index (χ4v) is 3.47. The van der Waals surface area contributed by atoms with Crippen LogP contribution in [0.1, 0.15) is 21.6 Å². The Kier molecular flexibility index (Phi) is 3.23. The normalized spacial score (nSPS) is 12.7. The Balaban J connectivity index is 2.01. The van der Waals surface area contributed by atoms with Crippen LogP contribution >= 0.6 is 0 Å². The van der Waals surface area contributed by atoms with E-state index in [9.17, 15) is 4.79 Å². The Hall–Kier alpha value is -2.95. The molecule has 0 saturated carbocycles. The number of benzene rings is 2. The van der Waals surface area contributed by atoms with E-state index < -0.39 is 0 Å². The predicted octanol–water partition coefficient (Wildman–Crippen LogP) is 3.26. The van der Waals surface area contributed by atoms with E-state index in [0.717, 1.165) is 22.2 Å². The summed E-state index contributed by atoms with van der Waals surface area (Å²) in [5.74, 6) is 1.47. The van der Waals surface area contributed by atoms with Crippen molar-refractivity contribution in [2.45, 2.75) is 6.42 Å². The molecule has 5 nitrogen and oxygen atoms in total. The summed E-state index contributed by atoms with van der Waals surface area (Å²) in [6.07, 6.45) is 0.597. The molecular formula is C19H17NO4. The Labute approximate surface area is 139 Å². The number of hydrogen-bond acceptors (Lipinski definition) is 4. The molecule has 0 bridgehead atoms. The van der Waals surface area contributed by atoms with Gasteiger partial charge in [0.25, 0.3) is 5.91 Å². The van der Waals surface area contributed by atoms with Gasteiger partial charge < -0.3 is 14.2 Å². The minimum Gasteiger partial charge on any atom is -0.493 e. The minimum atomic E-state index is -0.0771. The van der Waals surface area contributed by atoms with Crippen molar-refractivity contribution in [1.29, 1.82) is 0 Å². The van der Waals surface area contributed by atoms with Crippen LogP contribution in [-0.2, 0) is 6.42 Å². The number of methoxy groups -OCH3 is 3. The first-order chi connectivity index (χ1) is 11.7. The fourth-order valence-electron chi connectivity index (χ4n) is 3.47. The first kappa shape index (κ1) is 14.6. The lowest BCUT2D eigenvalue weighted by molar-refractivity contribution is 0.0956. The molecule has 24 heavy (non-hydrogen) atoms. The molecule has 0 amide bonds. The molecule has 2 aromatic carbocycles. The number of carbonyl (C=O) groups excluding carboxylic acids is 1. The standard InChI is InChI=1S/C19H17NO4/c1-22-16-10-14-13(17(23-2)18(16)24-3)9-12-8-11-6-4-5-7-15(11)20(12)19(14)21/h4-8,10H,9H2,1-3H3. The summed E-state index contributed by atoms with van der Waals surface area (Å²) in [6, 6.07) is 11.7. The number of rotatable bonds is 3. The lowest BCUT2D eigenvalue weighted by Crippen LogP contribution is -2.23. The predicted molar refractivity (Wildman–Crippen MR) is 90.6 cm³/mol. The van der Waals surface area contributed by atoms with Crippen molar-refractivity contribution in [3.8, 4) is 17.2 Å². The number of nitrogens with zero attached hydrogens (tertiary/aromatic N) is 1. The molecule has 0 N–H and O–H groups in total. The van der Waals surface area contributed by atoms with Gasteiger partial charge in [-0.25, -0.2) is 0 Å². The Morgan fingerprint density at radius 2 is 1.71 bits per heavy atom. The van der Waals surface area contributed by atoms with Crippen molar-refractivity contribution in [3.05, 3.63) is 53.2 Å². The van der Waals surface area contributed by atoms with Gasteiger partial charge >= 0.3 is 0 Å². The minimum absolute atomic E-state index is 0.0771. The third-order valence-electron chi connectivity index (χ3n) is 4.51. The third kappa shape index (κ3) is 1.84. The molecule has 0 aliphatic carbocycles. The largest absolute Gasteiger partial charge is 0.493 e. The van der Waals surface area contributed by atoms with Gasteiger partial charge in [-0.15, -0.1) is 0 Å². The molecule has 3 aromatic rings. The van der Waals surface area contributed by atoms with Gasteiger partial charge in [0.15, 0.2) is 11.5 Å². The summed E-state index contributed by atoms with van der Waals surface area (Å²) < 4.78 is 18.1. The highest BCUT2D eigenvalue weighted by atomic mass is 16.5. The number of hydrogen-bond donors (Lipinski definition) is 0. The van der Waals surface area contributed by atoms with Gasteiger partial charge in [0.1, 0.15) is 0 Å². The van der Waals surface area contributed by atoms with Crippen molar-refractivity contribution in [3.63, 3.8) is 0 Å². The first-order valence-corrected chi connectivity index (χ1v) is 7.65. The van der Waals surface area contributed by atoms with E-state index in [1.165, 1.54) is 0 Å².